The third kappa shape index (κ3) is 5.30. The second-order valence-corrected chi connectivity index (χ2v) is 7.36. The summed E-state index contributed by atoms with van der Waals surface area (Å²) in [6.45, 7) is 5.43. The summed E-state index contributed by atoms with van der Waals surface area (Å²) in [4.78, 5) is 31.5. The van der Waals surface area contributed by atoms with E-state index in [1.54, 1.807) is 0 Å². The lowest BCUT2D eigenvalue weighted by atomic mass is 10.0. The number of aryl methyl sites for hydroxylation is 1. The molecule has 2 rings (SSSR count). The molecule has 1 N–H and O–H groups in total. The van der Waals surface area contributed by atoms with E-state index in [0.29, 0.717) is 16.5 Å². The first-order valence-corrected chi connectivity index (χ1v) is 8.83. The lowest BCUT2D eigenvalue weighted by Crippen LogP contribution is -2.31. The van der Waals surface area contributed by atoms with Crippen LogP contribution in [-0.2, 0) is 9.59 Å². The molecular weight excluding hydrogens is 381 g/mol. The Morgan fingerprint density at radius 3 is 2.62 bits per heavy atom. The number of nitrogens with zero attached hydrogens (tertiary/aromatic N) is 4. The summed E-state index contributed by atoms with van der Waals surface area (Å²) in [6.07, 6.45) is 2.31. The predicted molar refractivity (Wildman–Crippen MR) is 98.8 cm³/mol. The maximum absolute atomic E-state index is 12.8. The molecule has 2 heterocycles. The van der Waals surface area contributed by atoms with Crippen molar-refractivity contribution in [3.63, 3.8) is 0 Å². The molecule has 7 nitrogen and oxygen atoms in total. The van der Waals surface area contributed by atoms with E-state index in [1.807, 2.05) is 26.8 Å². The van der Waals surface area contributed by atoms with Gasteiger partial charge in [-0.15, -0.1) is 11.3 Å². The van der Waals surface area contributed by atoms with Crippen LogP contribution in [0.25, 0.3) is 0 Å². The molecule has 2 aromatic heterocycles. The molecule has 0 saturated heterocycles. The van der Waals surface area contributed by atoms with E-state index < -0.39 is 11.7 Å². The summed E-state index contributed by atoms with van der Waals surface area (Å²) in [5, 5.41) is 7.67. The van der Waals surface area contributed by atoms with Gasteiger partial charge >= 0.3 is 0 Å². The highest BCUT2D eigenvalue weighted by molar-refractivity contribution is 7.18. The van der Waals surface area contributed by atoms with Crippen LogP contribution in [0, 0.1) is 18.7 Å². The second kappa shape index (κ2) is 8.81. The van der Waals surface area contributed by atoms with Gasteiger partial charge in [0, 0.05) is 0 Å². The van der Waals surface area contributed by atoms with Gasteiger partial charge < -0.3 is 0 Å². The Morgan fingerprint density at radius 1 is 1.46 bits per heavy atom. The zero-order valence-corrected chi connectivity index (χ0v) is 15.9. The second-order valence-electron chi connectivity index (χ2n) is 5.68. The molecule has 0 radical (unpaired) electrons. The maximum atomic E-state index is 12.8. The van der Waals surface area contributed by atoms with E-state index in [2.05, 4.69) is 20.4 Å². The van der Waals surface area contributed by atoms with Crippen molar-refractivity contribution in [2.75, 3.05) is 11.9 Å². The lowest BCUT2D eigenvalue weighted by molar-refractivity contribution is -0.125. The van der Waals surface area contributed by atoms with Crippen LogP contribution in [0.5, 0.6) is 0 Å². The maximum Gasteiger partial charge on any atom is 0.248 e. The molecule has 2 aromatic rings. The minimum Gasteiger partial charge on any atom is -0.293 e. The average molecular weight is 398 g/mol. The summed E-state index contributed by atoms with van der Waals surface area (Å²) in [6, 6.07) is 1.82. The van der Waals surface area contributed by atoms with Crippen LogP contribution in [0.1, 0.15) is 24.3 Å². The smallest absolute Gasteiger partial charge is 0.248 e. The monoisotopic (exact) mass is 397 g/mol. The third-order valence-electron chi connectivity index (χ3n) is 3.20. The zero-order chi connectivity index (χ0) is 19.3. The van der Waals surface area contributed by atoms with Crippen LogP contribution in [0.3, 0.4) is 0 Å². The van der Waals surface area contributed by atoms with Crippen molar-refractivity contribution >= 4 is 46.9 Å². The molecule has 10 heteroatoms. The van der Waals surface area contributed by atoms with Crippen LogP contribution in [0.15, 0.2) is 23.6 Å². The lowest BCUT2D eigenvalue weighted by Gasteiger charge is -2.16. The van der Waals surface area contributed by atoms with Crippen molar-refractivity contribution in [3.8, 4) is 0 Å². The number of halogens is 2. The Hall–Kier alpha value is -2.39. The molecule has 0 aliphatic rings. The van der Waals surface area contributed by atoms with Crippen LogP contribution < -0.4 is 5.32 Å². The van der Waals surface area contributed by atoms with E-state index in [-0.39, 0.29) is 18.4 Å². The molecule has 138 valence electrons. The average Bonchev–Trinajstić information content (AvgIpc) is 2.91. The number of carbonyl (C=O) groups is 2. The van der Waals surface area contributed by atoms with Gasteiger partial charge in [-0.2, -0.15) is 5.10 Å². The third-order valence-corrected chi connectivity index (χ3v) is 4.59. The highest BCUT2D eigenvalue weighted by Gasteiger charge is 2.18. The Morgan fingerprint density at radius 2 is 2.12 bits per heavy atom. The molecule has 0 unspecified atom stereocenters. The first-order valence-electron chi connectivity index (χ1n) is 7.64. The van der Waals surface area contributed by atoms with Crippen LogP contribution >= 0.6 is 22.9 Å². The van der Waals surface area contributed by atoms with Crippen molar-refractivity contribution in [3.05, 3.63) is 39.1 Å². The molecule has 0 aliphatic carbocycles. The Bertz CT molecular complexity index is 823. The van der Waals surface area contributed by atoms with Gasteiger partial charge in [0.2, 0.25) is 18.3 Å². The van der Waals surface area contributed by atoms with E-state index in [4.69, 9.17) is 11.6 Å². The SMILES string of the molecule is Cc1cc(Cl)sc1/C(=N\N(C=O)CC(=O)Nc1ncc(F)cn1)C(C)C. The zero-order valence-electron chi connectivity index (χ0n) is 14.4. The minimum atomic E-state index is -0.617. The molecule has 0 saturated carbocycles. The number of anilines is 1. The Kier molecular flexibility index (Phi) is 6.76. The van der Waals surface area contributed by atoms with Gasteiger partial charge in [-0.1, -0.05) is 25.4 Å². The van der Waals surface area contributed by atoms with Crippen molar-refractivity contribution in [1.82, 2.24) is 15.0 Å². The fraction of sp³-hybridized carbons (Fsp3) is 0.312. The predicted octanol–water partition coefficient (Wildman–Crippen LogP) is 3.10. The van der Waals surface area contributed by atoms with Gasteiger partial charge in [-0.25, -0.2) is 19.4 Å². The fourth-order valence-corrected chi connectivity index (χ4v) is 3.47. The van der Waals surface area contributed by atoms with E-state index in [1.165, 1.54) is 11.3 Å². The number of rotatable bonds is 7. The van der Waals surface area contributed by atoms with E-state index >= 15 is 0 Å². The van der Waals surface area contributed by atoms with E-state index in [9.17, 15) is 14.0 Å². The number of hydrazone groups is 1. The molecular formula is C16H17ClFN5O2S. The topological polar surface area (TPSA) is 87.5 Å². The summed E-state index contributed by atoms with van der Waals surface area (Å²) < 4.78 is 13.4. The number of hydrogen-bond acceptors (Lipinski definition) is 6. The summed E-state index contributed by atoms with van der Waals surface area (Å²) >= 11 is 7.41. The van der Waals surface area contributed by atoms with Crippen LogP contribution in [0.4, 0.5) is 10.3 Å². The van der Waals surface area contributed by atoms with Crippen molar-refractivity contribution < 1.29 is 14.0 Å². The number of carbonyl (C=O) groups excluding carboxylic acids is 2. The van der Waals surface area contributed by atoms with Gasteiger partial charge in [0.1, 0.15) is 6.54 Å². The minimum absolute atomic E-state index is 0.00867. The van der Waals surface area contributed by atoms with Gasteiger partial charge in [0.25, 0.3) is 0 Å². The summed E-state index contributed by atoms with van der Waals surface area (Å²) in [5.74, 6) is -1.23. The van der Waals surface area contributed by atoms with Crippen molar-refractivity contribution in [2.45, 2.75) is 20.8 Å². The molecule has 0 fully saturated rings. The molecule has 0 atom stereocenters. The number of aromatic nitrogens is 2. The van der Waals surface area contributed by atoms with Crippen LogP contribution in [0.2, 0.25) is 4.34 Å². The first kappa shape index (κ1) is 19.9. The first-order chi connectivity index (χ1) is 12.3. The van der Waals surface area contributed by atoms with E-state index in [0.717, 1.165) is 27.8 Å². The van der Waals surface area contributed by atoms with Crippen LogP contribution in [-0.4, -0.2) is 39.6 Å². The van der Waals surface area contributed by atoms with Gasteiger partial charge in [-0.3, -0.25) is 14.9 Å². The van der Waals surface area contributed by atoms with Gasteiger partial charge in [0.05, 0.1) is 27.3 Å². The number of nitrogens with one attached hydrogen (secondary N) is 1. The number of amides is 2. The standard InChI is InChI=1S/C16H17ClFN5O2S/c1-9(2)14(15-10(3)4-12(17)26-15)22-23(8-24)7-13(25)21-16-19-5-11(18)6-20-16/h4-6,8-9H,7H2,1-3H3,(H,19,20,21,25)/b22-14-. The largest absolute Gasteiger partial charge is 0.293 e. The summed E-state index contributed by atoms with van der Waals surface area (Å²) in [7, 11) is 0. The normalized spacial score (nSPS) is 11.5. The van der Waals surface area contributed by atoms with Crippen molar-refractivity contribution in [2.24, 2.45) is 11.0 Å². The highest BCUT2D eigenvalue weighted by Crippen LogP contribution is 2.29. The molecule has 0 spiro atoms. The summed E-state index contributed by atoms with van der Waals surface area (Å²) in [5.41, 5.74) is 1.60. The fourth-order valence-electron chi connectivity index (χ4n) is 2.04. The molecule has 2 amide bonds. The Balaban J connectivity index is 2.15. The molecule has 0 aromatic carbocycles. The Labute approximate surface area is 158 Å². The molecule has 0 bridgehead atoms. The van der Waals surface area contributed by atoms with Gasteiger partial charge in [-0.05, 0) is 24.5 Å². The number of hydrogen-bond donors (Lipinski definition) is 1. The highest BCUT2D eigenvalue weighted by atomic mass is 35.5. The number of thiophene rings is 1. The molecule has 26 heavy (non-hydrogen) atoms. The molecule has 0 aliphatic heterocycles. The van der Waals surface area contributed by atoms with Gasteiger partial charge in [0.15, 0.2) is 5.82 Å². The van der Waals surface area contributed by atoms with Crippen molar-refractivity contribution in [1.29, 1.82) is 0 Å². The quantitative estimate of drug-likeness (QED) is 0.441.